The Kier molecular flexibility index (Phi) is 2.86. The largest absolute Gasteiger partial charge is 0.383 e. The molecule has 2 rings (SSSR count). The lowest BCUT2D eigenvalue weighted by Crippen LogP contribution is -2.21. The molecule has 0 unspecified atom stereocenters. The summed E-state index contributed by atoms with van der Waals surface area (Å²) in [4.78, 5) is 5.60. The maximum absolute atomic E-state index is 5.64. The summed E-state index contributed by atoms with van der Waals surface area (Å²) in [7, 11) is 1.74. The second kappa shape index (κ2) is 4.13. The van der Waals surface area contributed by atoms with Crippen LogP contribution in [0, 0.1) is 0 Å². The zero-order chi connectivity index (χ0) is 9.97. The predicted molar refractivity (Wildman–Crippen MR) is 54.7 cm³/mol. The molecule has 0 aromatic carbocycles. The first kappa shape index (κ1) is 9.71. The van der Waals surface area contributed by atoms with E-state index in [4.69, 9.17) is 10.5 Å². The molecule has 1 aliphatic rings. The van der Waals surface area contributed by atoms with Gasteiger partial charge in [0.1, 0.15) is 0 Å². The molecule has 78 valence electrons. The van der Waals surface area contributed by atoms with Gasteiger partial charge in [-0.25, -0.2) is 0 Å². The van der Waals surface area contributed by atoms with E-state index in [1.165, 1.54) is 16.8 Å². The van der Waals surface area contributed by atoms with Crippen LogP contribution in [-0.4, -0.2) is 30.1 Å². The molecule has 1 aromatic rings. The van der Waals surface area contributed by atoms with Gasteiger partial charge in [-0.2, -0.15) is 0 Å². The van der Waals surface area contributed by atoms with Gasteiger partial charge in [-0.1, -0.05) is 0 Å². The van der Waals surface area contributed by atoms with Gasteiger partial charge in [-0.15, -0.1) is 0 Å². The van der Waals surface area contributed by atoms with Crippen molar-refractivity contribution in [3.63, 3.8) is 0 Å². The number of nitrogens with zero attached hydrogens (tertiary/aromatic N) is 1. The minimum absolute atomic E-state index is 0.605. The fourth-order valence-corrected chi connectivity index (χ4v) is 1.96. The van der Waals surface area contributed by atoms with Crippen molar-refractivity contribution in [2.45, 2.75) is 19.6 Å². The first-order valence-corrected chi connectivity index (χ1v) is 4.94. The third kappa shape index (κ3) is 1.68. The lowest BCUT2D eigenvalue weighted by Gasteiger charge is -2.14. The molecule has 4 nitrogen and oxygen atoms in total. The maximum atomic E-state index is 5.64. The Morgan fingerprint density at radius 1 is 1.57 bits per heavy atom. The van der Waals surface area contributed by atoms with Gasteiger partial charge < -0.3 is 15.5 Å². The average molecular weight is 195 g/mol. The smallest absolute Gasteiger partial charge is 0.0589 e. The van der Waals surface area contributed by atoms with Gasteiger partial charge in [0, 0.05) is 45.2 Å². The summed E-state index contributed by atoms with van der Waals surface area (Å²) >= 11 is 0. The third-order valence-corrected chi connectivity index (χ3v) is 2.76. The summed E-state index contributed by atoms with van der Waals surface area (Å²) in [5.41, 5.74) is 9.60. The molecular formula is C10H17N3O. The number of fused-ring (bicyclic) bond motifs is 1. The van der Waals surface area contributed by atoms with Crippen LogP contribution >= 0.6 is 0 Å². The van der Waals surface area contributed by atoms with E-state index >= 15 is 0 Å². The van der Waals surface area contributed by atoms with E-state index in [9.17, 15) is 0 Å². The van der Waals surface area contributed by atoms with Crippen molar-refractivity contribution in [3.05, 3.63) is 23.0 Å². The second-order valence-electron chi connectivity index (χ2n) is 3.68. The molecular weight excluding hydrogens is 178 g/mol. The highest BCUT2D eigenvalue weighted by Crippen LogP contribution is 2.24. The molecule has 0 spiro atoms. The molecule has 2 heterocycles. The standard InChI is InChI=1S/C10H17N3O/c1-14-3-2-13-6-8-5-12-10(4-11)9(8)7-13/h5,12H,2-4,6-7,11H2,1H3. The number of nitrogens with one attached hydrogen (secondary N) is 1. The van der Waals surface area contributed by atoms with Gasteiger partial charge in [0.15, 0.2) is 0 Å². The molecule has 0 bridgehead atoms. The SMILES string of the molecule is COCCN1Cc2c[nH]c(CN)c2C1. The predicted octanol–water partition coefficient (Wildman–Crippen LogP) is 0.435. The molecule has 0 amide bonds. The first-order valence-electron chi connectivity index (χ1n) is 4.94. The van der Waals surface area contributed by atoms with Crippen molar-refractivity contribution in [1.82, 2.24) is 9.88 Å². The Morgan fingerprint density at radius 2 is 2.43 bits per heavy atom. The van der Waals surface area contributed by atoms with Crippen molar-refractivity contribution in [2.24, 2.45) is 5.73 Å². The van der Waals surface area contributed by atoms with Crippen LogP contribution < -0.4 is 5.73 Å². The number of aromatic amines is 1. The second-order valence-corrected chi connectivity index (χ2v) is 3.68. The molecule has 4 heteroatoms. The van der Waals surface area contributed by atoms with Gasteiger partial charge in [-0.3, -0.25) is 4.90 Å². The number of methoxy groups -OCH3 is 1. The summed E-state index contributed by atoms with van der Waals surface area (Å²) < 4.78 is 5.06. The first-order chi connectivity index (χ1) is 6.85. The zero-order valence-corrected chi connectivity index (χ0v) is 8.55. The van der Waals surface area contributed by atoms with Crippen molar-refractivity contribution in [1.29, 1.82) is 0 Å². The Morgan fingerprint density at radius 3 is 3.14 bits per heavy atom. The molecule has 0 atom stereocenters. The topological polar surface area (TPSA) is 54.3 Å². The van der Waals surface area contributed by atoms with Gasteiger partial charge in [0.25, 0.3) is 0 Å². The molecule has 0 saturated heterocycles. The molecule has 3 N–H and O–H groups in total. The number of aromatic nitrogens is 1. The van der Waals surface area contributed by atoms with Crippen molar-refractivity contribution < 1.29 is 4.74 Å². The van der Waals surface area contributed by atoms with E-state index in [1.807, 2.05) is 0 Å². The van der Waals surface area contributed by atoms with E-state index < -0.39 is 0 Å². The van der Waals surface area contributed by atoms with Gasteiger partial charge in [0.2, 0.25) is 0 Å². The number of nitrogens with two attached hydrogens (primary N) is 1. The number of hydrogen-bond donors (Lipinski definition) is 2. The zero-order valence-electron chi connectivity index (χ0n) is 8.55. The van der Waals surface area contributed by atoms with Gasteiger partial charge in [0.05, 0.1) is 6.61 Å². The van der Waals surface area contributed by atoms with Crippen LogP contribution in [0.25, 0.3) is 0 Å². The monoisotopic (exact) mass is 195 g/mol. The van der Waals surface area contributed by atoms with Crippen LogP contribution in [0.15, 0.2) is 6.20 Å². The Balaban J connectivity index is 2.00. The molecule has 1 aromatic heterocycles. The summed E-state index contributed by atoms with van der Waals surface area (Å²) in [6, 6.07) is 0. The molecule has 0 aliphatic carbocycles. The lowest BCUT2D eigenvalue weighted by atomic mass is 10.2. The third-order valence-electron chi connectivity index (χ3n) is 2.76. The van der Waals surface area contributed by atoms with Crippen LogP contribution in [0.3, 0.4) is 0 Å². The molecule has 0 fully saturated rings. The fraction of sp³-hybridized carbons (Fsp3) is 0.600. The number of rotatable bonds is 4. The van der Waals surface area contributed by atoms with Crippen molar-refractivity contribution in [3.8, 4) is 0 Å². The highest BCUT2D eigenvalue weighted by Gasteiger charge is 2.21. The van der Waals surface area contributed by atoms with E-state index in [0.29, 0.717) is 6.54 Å². The Hall–Kier alpha value is -0.840. The summed E-state index contributed by atoms with van der Waals surface area (Å²) in [5.74, 6) is 0. The van der Waals surface area contributed by atoms with Gasteiger partial charge >= 0.3 is 0 Å². The quantitative estimate of drug-likeness (QED) is 0.732. The average Bonchev–Trinajstić information content (AvgIpc) is 2.73. The normalized spacial score (nSPS) is 16.1. The number of H-pyrrole nitrogens is 1. The van der Waals surface area contributed by atoms with E-state index in [2.05, 4.69) is 16.1 Å². The Bertz CT molecular complexity index is 308. The minimum atomic E-state index is 0.605. The van der Waals surface area contributed by atoms with Crippen LogP contribution in [0.5, 0.6) is 0 Å². The molecule has 14 heavy (non-hydrogen) atoms. The van der Waals surface area contributed by atoms with Crippen LogP contribution in [0.1, 0.15) is 16.8 Å². The van der Waals surface area contributed by atoms with E-state index in [1.54, 1.807) is 7.11 Å². The van der Waals surface area contributed by atoms with Crippen molar-refractivity contribution in [2.75, 3.05) is 20.3 Å². The molecule has 0 radical (unpaired) electrons. The highest BCUT2D eigenvalue weighted by atomic mass is 16.5. The maximum Gasteiger partial charge on any atom is 0.0589 e. The van der Waals surface area contributed by atoms with Crippen molar-refractivity contribution >= 4 is 0 Å². The fourth-order valence-electron chi connectivity index (χ4n) is 1.96. The summed E-state index contributed by atoms with van der Waals surface area (Å²) in [5, 5.41) is 0. The molecule has 1 aliphatic heterocycles. The van der Waals surface area contributed by atoms with Crippen LogP contribution in [0.4, 0.5) is 0 Å². The number of hydrogen-bond acceptors (Lipinski definition) is 3. The van der Waals surface area contributed by atoms with Gasteiger partial charge in [-0.05, 0) is 11.1 Å². The van der Waals surface area contributed by atoms with Crippen LogP contribution in [-0.2, 0) is 24.4 Å². The minimum Gasteiger partial charge on any atom is -0.383 e. The van der Waals surface area contributed by atoms with E-state index in [-0.39, 0.29) is 0 Å². The van der Waals surface area contributed by atoms with Crippen LogP contribution in [0.2, 0.25) is 0 Å². The summed E-state index contributed by atoms with van der Waals surface area (Å²) in [6.45, 7) is 4.43. The summed E-state index contributed by atoms with van der Waals surface area (Å²) in [6.07, 6.45) is 2.07. The highest BCUT2D eigenvalue weighted by molar-refractivity contribution is 5.34. The lowest BCUT2D eigenvalue weighted by molar-refractivity contribution is 0.147. The number of ether oxygens (including phenoxy) is 1. The molecule has 0 saturated carbocycles. The Labute approximate surface area is 84.0 Å². The van der Waals surface area contributed by atoms with E-state index in [0.717, 1.165) is 26.2 Å².